The number of hydrogen-bond donors (Lipinski definition) is 1. The Hall–Kier alpha value is -1.13. The molecule has 1 saturated heterocycles. The zero-order valence-corrected chi connectivity index (χ0v) is 10.7. The van der Waals surface area contributed by atoms with Gasteiger partial charge in [-0.2, -0.15) is 0 Å². The van der Waals surface area contributed by atoms with Crippen LogP contribution in [0.4, 0.5) is 4.39 Å². The molecule has 1 atom stereocenters. The van der Waals surface area contributed by atoms with Gasteiger partial charge >= 0.3 is 0 Å². The van der Waals surface area contributed by atoms with Crippen molar-refractivity contribution in [3.05, 3.63) is 34.6 Å². The Morgan fingerprint density at radius 3 is 3.00 bits per heavy atom. The molecule has 1 aliphatic heterocycles. The van der Waals surface area contributed by atoms with Crippen molar-refractivity contribution in [3.63, 3.8) is 0 Å². The van der Waals surface area contributed by atoms with Crippen LogP contribution in [0.1, 0.15) is 29.6 Å². The lowest BCUT2D eigenvalue weighted by Gasteiger charge is -2.34. The minimum atomic E-state index is -0.688. The lowest BCUT2D eigenvalue weighted by atomic mass is 10.0. The van der Waals surface area contributed by atoms with Crippen molar-refractivity contribution in [1.29, 1.82) is 0 Å². The number of aliphatic hydroxyl groups excluding tert-OH is 1. The lowest BCUT2D eigenvalue weighted by molar-refractivity contribution is 0.0498. The predicted octanol–water partition coefficient (Wildman–Crippen LogP) is 2.47. The van der Waals surface area contributed by atoms with Gasteiger partial charge in [-0.3, -0.25) is 4.79 Å². The van der Waals surface area contributed by atoms with Gasteiger partial charge in [0.2, 0.25) is 0 Å². The van der Waals surface area contributed by atoms with Gasteiger partial charge in [0, 0.05) is 6.54 Å². The Kier molecular flexibility index (Phi) is 4.19. The first kappa shape index (κ1) is 13.3. The third-order valence-corrected chi connectivity index (χ3v) is 3.57. The van der Waals surface area contributed by atoms with Gasteiger partial charge in [0.25, 0.3) is 5.91 Å². The second kappa shape index (κ2) is 5.67. The van der Waals surface area contributed by atoms with Gasteiger partial charge in [0.05, 0.1) is 23.2 Å². The molecule has 1 aliphatic rings. The normalized spacial score (nSPS) is 19.9. The number of halogens is 2. The molecule has 1 amide bonds. The number of hydrogen-bond acceptors (Lipinski definition) is 2. The van der Waals surface area contributed by atoms with Crippen LogP contribution in [-0.4, -0.2) is 35.1 Å². The molecule has 0 aromatic heterocycles. The van der Waals surface area contributed by atoms with Crippen molar-refractivity contribution >= 4 is 17.5 Å². The van der Waals surface area contributed by atoms with Crippen molar-refractivity contribution in [2.45, 2.75) is 25.3 Å². The molecule has 3 nitrogen and oxygen atoms in total. The molecule has 1 fully saturated rings. The zero-order chi connectivity index (χ0) is 13.1. The number of carbonyl (C=O) groups excluding carboxylic acids is 1. The van der Waals surface area contributed by atoms with Gasteiger partial charge in [-0.15, -0.1) is 0 Å². The van der Waals surface area contributed by atoms with E-state index in [1.54, 1.807) is 6.07 Å². The molecule has 1 N–H and O–H groups in total. The first-order chi connectivity index (χ1) is 8.65. The van der Waals surface area contributed by atoms with E-state index in [0.717, 1.165) is 19.3 Å². The molecule has 0 radical (unpaired) electrons. The summed E-state index contributed by atoms with van der Waals surface area (Å²) < 4.78 is 13.8. The summed E-state index contributed by atoms with van der Waals surface area (Å²) in [7, 11) is 0. The highest BCUT2D eigenvalue weighted by atomic mass is 35.5. The number of piperidine rings is 1. The van der Waals surface area contributed by atoms with Crippen molar-refractivity contribution in [1.82, 2.24) is 4.90 Å². The third-order valence-electron chi connectivity index (χ3n) is 3.28. The Bertz CT molecular complexity index is 453. The van der Waals surface area contributed by atoms with Crippen LogP contribution in [0.2, 0.25) is 5.02 Å². The summed E-state index contributed by atoms with van der Waals surface area (Å²) in [5.74, 6) is -1.08. The van der Waals surface area contributed by atoms with E-state index in [2.05, 4.69) is 0 Å². The SMILES string of the molecule is O=C(c1cccc(Cl)c1F)N1CCCCC1CO. The molecule has 1 unspecified atom stereocenters. The Labute approximate surface area is 110 Å². The Morgan fingerprint density at radius 1 is 1.50 bits per heavy atom. The van der Waals surface area contributed by atoms with Crippen molar-refractivity contribution in [3.8, 4) is 0 Å². The topological polar surface area (TPSA) is 40.5 Å². The summed E-state index contributed by atoms with van der Waals surface area (Å²) in [5, 5.41) is 9.21. The molecule has 1 aromatic rings. The van der Waals surface area contributed by atoms with Gasteiger partial charge in [-0.1, -0.05) is 17.7 Å². The molecule has 0 spiro atoms. The number of likely N-dealkylation sites (tertiary alicyclic amines) is 1. The number of rotatable bonds is 2. The number of carbonyl (C=O) groups is 1. The smallest absolute Gasteiger partial charge is 0.257 e. The maximum absolute atomic E-state index is 13.8. The van der Waals surface area contributed by atoms with Crippen molar-refractivity contribution in [2.75, 3.05) is 13.2 Å². The summed E-state index contributed by atoms with van der Waals surface area (Å²) in [6, 6.07) is 4.17. The second-order valence-corrected chi connectivity index (χ2v) is 4.84. The fourth-order valence-electron chi connectivity index (χ4n) is 2.28. The number of nitrogens with zero attached hydrogens (tertiary/aromatic N) is 1. The van der Waals surface area contributed by atoms with Gasteiger partial charge in [-0.05, 0) is 31.4 Å². The molecule has 1 aromatic carbocycles. The summed E-state index contributed by atoms with van der Waals surface area (Å²) in [6.45, 7) is 0.462. The highest BCUT2D eigenvalue weighted by molar-refractivity contribution is 6.31. The summed E-state index contributed by atoms with van der Waals surface area (Å²) in [4.78, 5) is 13.8. The van der Waals surface area contributed by atoms with E-state index < -0.39 is 11.7 Å². The van der Waals surface area contributed by atoms with Crippen molar-refractivity contribution in [2.24, 2.45) is 0 Å². The number of amides is 1. The molecule has 5 heteroatoms. The van der Waals surface area contributed by atoms with Gasteiger partial charge < -0.3 is 10.0 Å². The molecule has 0 aliphatic carbocycles. The van der Waals surface area contributed by atoms with Crippen molar-refractivity contribution < 1.29 is 14.3 Å². The minimum absolute atomic E-state index is 0.0251. The average Bonchev–Trinajstić information content (AvgIpc) is 2.41. The molecule has 0 bridgehead atoms. The van der Waals surface area contributed by atoms with E-state index in [1.807, 2.05) is 0 Å². The predicted molar refractivity (Wildman–Crippen MR) is 67.2 cm³/mol. The quantitative estimate of drug-likeness (QED) is 0.898. The molecule has 0 saturated carbocycles. The zero-order valence-electron chi connectivity index (χ0n) is 9.90. The largest absolute Gasteiger partial charge is 0.394 e. The van der Waals surface area contributed by atoms with Gasteiger partial charge in [-0.25, -0.2) is 4.39 Å². The number of benzene rings is 1. The van der Waals surface area contributed by atoms with Crippen LogP contribution >= 0.6 is 11.6 Å². The van der Waals surface area contributed by atoms with Crippen LogP contribution in [0.5, 0.6) is 0 Å². The first-order valence-electron chi connectivity index (χ1n) is 6.01. The van der Waals surface area contributed by atoms with Crippen LogP contribution < -0.4 is 0 Å². The average molecular weight is 272 g/mol. The lowest BCUT2D eigenvalue weighted by Crippen LogP contribution is -2.45. The molecule has 1 heterocycles. The molecule has 18 heavy (non-hydrogen) atoms. The fourth-order valence-corrected chi connectivity index (χ4v) is 2.46. The fraction of sp³-hybridized carbons (Fsp3) is 0.462. The molecule has 2 rings (SSSR count). The summed E-state index contributed by atoms with van der Waals surface area (Å²) in [6.07, 6.45) is 2.61. The van der Waals surface area contributed by atoms with E-state index in [9.17, 15) is 14.3 Å². The molecular weight excluding hydrogens is 257 g/mol. The summed E-state index contributed by atoms with van der Waals surface area (Å²) >= 11 is 5.67. The Balaban J connectivity index is 2.27. The maximum atomic E-state index is 13.8. The third kappa shape index (κ3) is 2.49. The van der Waals surface area contributed by atoms with E-state index in [0.29, 0.717) is 6.54 Å². The van der Waals surface area contributed by atoms with Crippen LogP contribution in [0.3, 0.4) is 0 Å². The Morgan fingerprint density at radius 2 is 2.28 bits per heavy atom. The minimum Gasteiger partial charge on any atom is -0.394 e. The van der Waals surface area contributed by atoms with Crippen LogP contribution in [0, 0.1) is 5.82 Å². The summed E-state index contributed by atoms with van der Waals surface area (Å²) in [5.41, 5.74) is -0.0251. The standard InChI is InChI=1S/C13H15ClFNO2/c14-11-6-3-5-10(12(11)15)13(18)16-7-2-1-4-9(16)8-17/h3,5-6,9,17H,1-2,4,7-8H2. The van der Waals surface area contributed by atoms with E-state index >= 15 is 0 Å². The van der Waals surface area contributed by atoms with Crippen LogP contribution in [0.15, 0.2) is 18.2 Å². The van der Waals surface area contributed by atoms with E-state index in [1.165, 1.54) is 17.0 Å². The number of aliphatic hydroxyl groups is 1. The van der Waals surface area contributed by atoms with Gasteiger partial charge in [0.15, 0.2) is 5.82 Å². The second-order valence-electron chi connectivity index (χ2n) is 4.43. The van der Waals surface area contributed by atoms with Crippen LogP contribution in [-0.2, 0) is 0 Å². The van der Waals surface area contributed by atoms with Crippen LogP contribution in [0.25, 0.3) is 0 Å². The van der Waals surface area contributed by atoms with E-state index in [-0.39, 0.29) is 23.2 Å². The highest BCUT2D eigenvalue weighted by Gasteiger charge is 2.28. The molecule has 98 valence electrons. The molecular formula is C13H15ClFNO2. The first-order valence-corrected chi connectivity index (χ1v) is 6.38. The monoisotopic (exact) mass is 271 g/mol. The van der Waals surface area contributed by atoms with E-state index in [4.69, 9.17) is 11.6 Å². The van der Waals surface area contributed by atoms with Gasteiger partial charge in [0.1, 0.15) is 0 Å². The maximum Gasteiger partial charge on any atom is 0.257 e. The highest BCUT2D eigenvalue weighted by Crippen LogP contribution is 2.23.